The van der Waals surface area contributed by atoms with Gasteiger partial charge < -0.3 is 10.6 Å². The van der Waals surface area contributed by atoms with Crippen LogP contribution in [0.1, 0.15) is 26.2 Å². The Morgan fingerprint density at radius 1 is 1.27 bits per heavy atom. The molecule has 0 amide bonds. The Morgan fingerprint density at radius 2 is 2.00 bits per heavy atom. The molecular formula is C9H18N2. The summed E-state index contributed by atoms with van der Waals surface area (Å²) < 4.78 is 0. The summed E-state index contributed by atoms with van der Waals surface area (Å²) in [6.45, 7) is 6.02. The van der Waals surface area contributed by atoms with Gasteiger partial charge in [-0.25, -0.2) is 0 Å². The lowest BCUT2D eigenvalue weighted by atomic mass is 9.77. The molecule has 2 aliphatic rings. The van der Waals surface area contributed by atoms with Crippen molar-refractivity contribution < 1.29 is 0 Å². The zero-order chi connectivity index (χ0) is 7.73. The van der Waals surface area contributed by atoms with Gasteiger partial charge in [-0.3, -0.25) is 0 Å². The molecule has 2 nitrogen and oxygen atoms in total. The van der Waals surface area contributed by atoms with Gasteiger partial charge in [0.05, 0.1) is 0 Å². The number of piperidine rings is 1. The van der Waals surface area contributed by atoms with Crippen molar-refractivity contribution in [3.05, 3.63) is 0 Å². The average Bonchev–Trinajstić information content (AvgIpc) is 2.34. The Hall–Kier alpha value is -0.0800. The zero-order valence-electron chi connectivity index (χ0n) is 7.32. The molecule has 11 heavy (non-hydrogen) atoms. The van der Waals surface area contributed by atoms with Crippen molar-refractivity contribution >= 4 is 0 Å². The van der Waals surface area contributed by atoms with E-state index in [2.05, 4.69) is 17.6 Å². The van der Waals surface area contributed by atoms with Gasteiger partial charge in [0.2, 0.25) is 0 Å². The number of hydrogen-bond donors (Lipinski definition) is 2. The van der Waals surface area contributed by atoms with Gasteiger partial charge >= 0.3 is 0 Å². The summed E-state index contributed by atoms with van der Waals surface area (Å²) in [4.78, 5) is 0. The van der Waals surface area contributed by atoms with Crippen LogP contribution in [-0.4, -0.2) is 25.7 Å². The van der Waals surface area contributed by atoms with Crippen LogP contribution >= 0.6 is 0 Å². The molecule has 0 saturated carbocycles. The molecule has 2 saturated heterocycles. The molecule has 0 radical (unpaired) electrons. The number of nitrogens with one attached hydrogen (secondary N) is 2. The molecule has 64 valence electrons. The Kier molecular flexibility index (Phi) is 1.90. The second kappa shape index (κ2) is 2.76. The van der Waals surface area contributed by atoms with Gasteiger partial charge in [0.15, 0.2) is 0 Å². The van der Waals surface area contributed by atoms with Crippen LogP contribution < -0.4 is 10.6 Å². The molecule has 2 N–H and O–H groups in total. The van der Waals surface area contributed by atoms with Crippen LogP contribution in [-0.2, 0) is 0 Å². The summed E-state index contributed by atoms with van der Waals surface area (Å²) in [5.74, 6) is 0. The Bertz CT molecular complexity index is 133. The summed E-state index contributed by atoms with van der Waals surface area (Å²) in [7, 11) is 0. The molecule has 2 rings (SSSR count). The molecule has 0 unspecified atom stereocenters. The molecule has 0 aromatic heterocycles. The molecule has 2 heteroatoms. The molecule has 1 spiro atoms. The van der Waals surface area contributed by atoms with Crippen molar-refractivity contribution in [2.75, 3.05) is 19.6 Å². The Labute approximate surface area is 68.7 Å². The minimum atomic E-state index is 0.671. The fourth-order valence-electron chi connectivity index (χ4n) is 2.52. The molecule has 0 aliphatic carbocycles. The van der Waals surface area contributed by atoms with Gasteiger partial charge in [-0.05, 0) is 44.7 Å². The van der Waals surface area contributed by atoms with Crippen LogP contribution in [0.4, 0.5) is 0 Å². The van der Waals surface area contributed by atoms with E-state index in [1.54, 1.807) is 0 Å². The van der Waals surface area contributed by atoms with Gasteiger partial charge in [-0.1, -0.05) is 0 Å². The van der Waals surface area contributed by atoms with Crippen LogP contribution in [0.2, 0.25) is 0 Å². The second-order valence-corrected chi connectivity index (χ2v) is 4.24. The van der Waals surface area contributed by atoms with Crippen LogP contribution in [0.5, 0.6) is 0 Å². The highest BCUT2D eigenvalue weighted by atomic mass is 15.0. The third-order valence-electron chi connectivity index (χ3n) is 3.23. The van der Waals surface area contributed by atoms with Crippen molar-refractivity contribution in [1.82, 2.24) is 10.6 Å². The molecule has 0 aromatic carbocycles. The van der Waals surface area contributed by atoms with E-state index in [9.17, 15) is 0 Å². The van der Waals surface area contributed by atoms with Crippen LogP contribution in [0.25, 0.3) is 0 Å². The van der Waals surface area contributed by atoms with Crippen molar-refractivity contribution in [2.24, 2.45) is 5.41 Å². The predicted molar refractivity (Wildman–Crippen MR) is 46.6 cm³/mol. The van der Waals surface area contributed by atoms with E-state index >= 15 is 0 Å². The average molecular weight is 154 g/mol. The third-order valence-corrected chi connectivity index (χ3v) is 3.23. The first-order valence-corrected chi connectivity index (χ1v) is 4.75. The van der Waals surface area contributed by atoms with Crippen molar-refractivity contribution in [2.45, 2.75) is 32.2 Å². The number of hydrogen-bond acceptors (Lipinski definition) is 2. The Balaban J connectivity index is 1.98. The molecule has 2 fully saturated rings. The Morgan fingerprint density at radius 3 is 2.55 bits per heavy atom. The number of rotatable bonds is 0. The molecular weight excluding hydrogens is 136 g/mol. The van der Waals surface area contributed by atoms with E-state index < -0.39 is 0 Å². The smallest absolute Gasteiger partial charge is 0.00447 e. The molecule has 0 bridgehead atoms. The molecule has 2 heterocycles. The predicted octanol–water partition coefficient (Wildman–Crippen LogP) is 0.738. The normalized spacial score (nSPS) is 36.3. The summed E-state index contributed by atoms with van der Waals surface area (Å²) in [6, 6.07) is 0.757. The van der Waals surface area contributed by atoms with Gasteiger partial charge in [0.1, 0.15) is 0 Å². The zero-order valence-corrected chi connectivity index (χ0v) is 7.32. The quantitative estimate of drug-likeness (QED) is 0.538. The largest absolute Gasteiger partial charge is 0.317 e. The topological polar surface area (TPSA) is 24.1 Å². The standard InChI is InChI=1S/C9H18N2/c1-8-6-9(7-11-8)2-4-10-5-3-9/h8,10-11H,2-7H2,1H3/t8-/m0/s1. The van der Waals surface area contributed by atoms with E-state index in [-0.39, 0.29) is 0 Å². The monoisotopic (exact) mass is 154 g/mol. The minimum Gasteiger partial charge on any atom is -0.317 e. The highest BCUT2D eigenvalue weighted by molar-refractivity contribution is 4.94. The first kappa shape index (κ1) is 7.56. The van der Waals surface area contributed by atoms with E-state index in [1.165, 1.54) is 38.9 Å². The fourth-order valence-corrected chi connectivity index (χ4v) is 2.52. The highest BCUT2D eigenvalue weighted by Crippen LogP contribution is 2.36. The first-order valence-electron chi connectivity index (χ1n) is 4.75. The fraction of sp³-hybridized carbons (Fsp3) is 1.00. The van der Waals surface area contributed by atoms with Crippen molar-refractivity contribution in [3.8, 4) is 0 Å². The maximum absolute atomic E-state index is 3.55. The molecule has 1 atom stereocenters. The van der Waals surface area contributed by atoms with Gasteiger partial charge in [0.25, 0.3) is 0 Å². The van der Waals surface area contributed by atoms with Crippen LogP contribution in [0.15, 0.2) is 0 Å². The van der Waals surface area contributed by atoms with E-state index in [0.29, 0.717) is 5.41 Å². The highest BCUT2D eigenvalue weighted by Gasteiger charge is 2.37. The summed E-state index contributed by atoms with van der Waals surface area (Å²) in [5.41, 5.74) is 0.671. The van der Waals surface area contributed by atoms with E-state index in [4.69, 9.17) is 0 Å². The van der Waals surface area contributed by atoms with Crippen molar-refractivity contribution in [3.63, 3.8) is 0 Å². The lowest BCUT2D eigenvalue weighted by molar-refractivity contribution is 0.225. The van der Waals surface area contributed by atoms with Gasteiger partial charge in [-0.15, -0.1) is 0 Å². The third kappa shape index (κ3) is 1.42. The summed E-state index contributed by atoms with van der Waals surface area (Å²) >= 11 is 0. The minimum absolute atomic E-state index is 0.671. The summed E-state index contributed by atoms with van der Waals surface area (Å²) in [6.07, 6.45) is 4.16. The lowest BCUT2D eigenvalue weighted by Crippen LogP contribution is -2.37. The van der Waals surface area contributed by atoms with Crippen molar-refractivity contribution in [1.29, 1.82) is 0 Å². The van der Waals surface area contributed by atoms with Crippen LogP contribution in [0, 0.1) is 5.41 Å². The molecule has 2 aliphatic heterocycles. The van der Waals surface area contributed by atoms with Gasteiger partial charge in [0, 0.05) is 12.6 Å². The first-order chi connectivity index (χ1) is 5.31. The van der Waals surface area contributed by atoms with E-state index in [0.717, 1.165) is 6.04 Å². The van der Waals surface area contributed by atoms with E-state index in [1.807, 2.05) is 0 Å². The lowest BCUT2D eigenvalue weighted by Gasteiger charge is -2.33. The van der Waals surface area contributed by atoms with Crippen LogP contribution in [0.3, 0.4) is 0 Å². The second-order valence-electron chi connectivity index (χ2n) is 4.24. The van der Waals surface area contributed by atoms with Gasteiger partial charge in [-0.2, -0.15) is 0 Å². The summed E-state index contributed by atoms with van der Waals surface area (Å²) in [5, 5.41) is 6.98. The maximum atomic E-state index is 3.55. The maximum Gasteiger partial charge on any atom is 0.00447 e. The molecule has 0 aromatic rings. The SMILES string of the molecule is C[C@H]1CC2(CCNCC2)CN1.